The molecule has 4 heteroatoms. The molecule has 100 valence electrons. The number of ether oxygens (including phenoxy) is 1. The molecule has 0 aliphatic rings. The molecule has 0 radical (unpaired) electrons. The molecule has 0 spiro atoms. The number of rotatable bonds is 4. The van der Waals surface area contributed by atoms with E-state index in [1.165, 1.54) is 12.1 Å². The van der Waals surface area contributed by atoms with Gasteiger partial charge in [-0.25, -0.2) is 4.39 Å². The first-order chi connectivity index (χ1) is 9.06. The topological polar surface area (TPSA) is 35.2 Å². The van der Waals surface area contributed by atoms with Gasteiger partial charge in [0, 0.05) is 11.6 Å². The third-order valence-electron chi connectivity index (χ3n) is 2.82. The molecular formula is C15H15ClFNO. The lowest BCUT2D eigenvalue weighted by Gasteiger charge is -2.10. The Labute approximate surface area is 117 Å². The first-order valence-corrected chi connectivity index (χ1v) is 6.36. The molecule has 2 aromatic carbocycles. The predicted molar refractivity (Wildman–Crippen MR) is 74.8 cm³/mol. The summed E-state index contributed by atoms with van der Waals surface area (Å²) in [6, 6.07) is 11.8. The molecule has 0 amide bonds. The number of benzene rings is 2. The summed E-state index contributed by atoms with van der Waals surface area (Å²) in [7, 11) is 0. The van der Waals surface area contributed by atoms with Crippen LogP contribution in [0.1, 0.15) is 24.1 Å². The maximum Gasteiger partial charge on any atom is 0.124 e. The van der Waals surface area contributed by atoms with E-state index in [1.54, 1.807) is 6.07 Å². The summed E-state index contributed by atoms with van der Waals surface area (Å²) >= 11 is 5.93. The lowest BCUT2D eigenvalue weighted by molar-refractivity contribution is 0.306. The van der Waals surface area contributed by atoms with Crippen LogP contribution < -0.4 is 10.5 Å². The number of hydrogen-bond acceptors (Lipinski definition) is 2. The van der Waals surface area contributed by atoms with Crippen LogP contribution in [0, 0.1) is 5.82 Å². The monoisotopic (exact) mass is 279 g/mol. The van der Waals surface area contributed by atoms with E-state index in [-0.39, 0.29) is 11.9 Å². The molecule has 0 aromatic heterocycles. The van der Waals surface area contributed by atoms with Crippen LogP contribution >= 0.6 is 11.6 Å². The van der Waals surface area contributed by atoms with Crippen molar-refractivity contribution >= 4 is 11.6 Å². The normalized spacial score (nSPS) is 12.2. The van der Waals surface area contributed by atoms with Crippen molar-refractivity contribution in [3.05, 3.63) is 64.4 Å². The van der Waals surface area contributed by atoms with Crippen LogP contribution in [0.5, 0.6) is 5.75 Å². The van der Waals surface area contributed by atoms with E-state index in [2.05, 4.69) is 0 Å². The lowest BCUT2D eigenvalue weighted by atomic mass is 10.1. The molecule has 0 unspecified atom stereocenters. The van der Waals surface area contributed by atoms with Crippen molar-refractivity contribution < 1.29 is 9.13 Å². The molecule has 0 aliphatic carbocycles. The first kappa shape index (κ1) is 13.8. The standard InChI is InChI=1S/C15H15ClFNO/c1-10(18)11-3-6-14(7-4-11)19-9-12-2-5-13(17)8-15(12)16/h2-8,10H,9,18H2,1H3/t10-/m0/s1. The third kappa shape index (κ3) is 3.69. The zero-order chi connectivity index (χ0) is 13.8. The highest BCUT2D eigenvalue weighted by molar-refractivity contribution is 6.31. The van der Waals surface area contributed by atoms with Crippen LogP contribution in [0.15, 0.2) is 42.5 Å². The molecular weight excluding hydrogens is 265 g/mol. The third-order valence-corrected chi connectivity index (χ3v) is 3.17. The Morgan fingerprint density at radius 2 is 1.89 bits per heavy atom. The van der Waals surface area contributed by atoms with Crippen molar-refractivity contribution in [1.82, 2.24) is 0 Å². The quantitative estimate of drug-likeness (QED) is 0.915. The maximum atomic E-state index is 12.9. The van der Waals surface area contributed by atoms with E-state index in [9.17, 15) is 4.39 Å². The molecule has 19 heavy (non-hydrogen) atoms. The van der Waals surface area contributed by atoms with Gasteiger partial charge in [-0.1, -0.05) is 29.8 Å². The minimum atomic E-state index is -0.352. The highest BCUT2D eigenvalue weighted by Gasteiger charge is 2.04. The number of hydrogen-bond donors (Lipinski definition) is 1. The summed E-state index contributed by atoms with van der Waals surface area (Å²) in [5, 5.41) is 0.368. The van der Waals surface area contributed by atoms with E-state index in [0.717, 1.165) is 16.9 Å². The second-order valence-electron chi connectivity index (χ2n) is 4.38. The Balaban J connectivity index is 2.02. The molecule has 0 aliphatic heterocycles. The van der Waals surface area contributed by atoms with E-state index in [4.69, 9.17) is 22.1 Å². The number of halogens is 2. The average Bonchev–Trinajstić information content (AvgIpc) is 2.38. The van der Waals surface area contributed by atoms with E-state index in [1.807, 2.05) is 31.2 Å². The fraction of sp³-hybridized carbons (Fsp3) is 0.200. The average molecular weight is 280 g/mol. The summed E-state index contributed by atoms with van der Waals surface area (Å²) in [5.74, 6) is 0.375. The molecule has 0 saturated heterocycles. The molecule has 0 fully saturated rings. The Bertz CT molecular complexity index is 555. The van der Waals surface area contributed by atoms with E-state index >= 15 is 0 Å². The highest BCUT2D eigenvalue weighted by atomic mass is 35.5. The van der Waals surface area contributed by atoms with Crippen LogP contribution in [0.2, 0.25) is 5.02 Å². The van der Waals surface area contributed by atoms with Crippen LogP contribution in [0.3, 0.4) is 0 Å². The van der Waals surface area contributed by atoms with E-state index in [0.29, 0.717) is 11.6 Å². The fourth-order valence-corrected chi connectivity index (χ4v) is 1.89. The van der Waals surface area contributed by atoms with Gasteiger partial charge in [0.25, 0.3) is 0 Å². The Hall–Kier alpha value is -1.58. The molecule has 2 nitrogen and oxygen atoms in total. The predicted octanol–water partition coefficient (Wildman–Crippen LogP) is 4.08. The van der Waals surface area contributed by atoms with Crippen molar-refractivity contribution in [2.45, 2.75) is 19.6 Å². The minimum Gasteiger partial charge on any atom is -0.489 e. The maximum absolute atomic E-state index is 12.9. The van der Waals surface area contributed by atoms with Gasteiger partial charge in [0.05, 0.1) is 5.02 Å². The van der Waals surface area contributed by atoms with Crippen LogP contribution in [-0.4, -0.2) is 0 Å². The minimum absolute atomic E-state index is 0.000549. The van der Waals surface area contributed by atoms with Crippen LogP contribution in [-0.2, 0) is 6.61 Å². The van der Waals surface area contributed by atoms with Gasteiger partial charge in [-0.15, -0.1) is 0 Å². The molecule has 2 rings (SSSR count). The smallest absolute Gasteiger partial charge is 0.124 e. The largest absolute Gasteiger partial charge is 0.489 e. The Morgan fingerprint density at radius 1 is 1.21 bits per heavy atom. The van der Waals surface area contributed by atoms with E-state index < -0.39 is 0 Å². The summed E-state index contributed by atoms with van der Waals surface area (Å²) < 4.78 is 18.5. The van der Waals surface area contributed by atoms with Crippen molar-refractivity contribution in [1.29, 1.82) is 0 Å². The summed E-state index contributed by atoms with van der Waals surface area (Å²) in [6.45, 7) is 2.23. The van der Waals surface area contributed by atoms with Gasteiger partial charge in [-0.3, -0.25) is 0 Å². The zero-order valence-electron chi connectivity index (χ0n) is 10.6. The van der Waals surface area contributed by atoms with Gasteiger partial charge in [0.1, 0.15) is 18.2 Å². The molecule has 1 atom stereocenters. The van der Waals surface area contributed by atoms with Crippen molar-refractivity contribution in [3.8, 4) is 5.75 Å². The van der Waals surface area contributed by atoms with Crippen molar-refractivity contribution in [2.75, 3.05) is 0 Å². The SMILES string of the molecule is C[C@H](N)c1ccc(OCc2ccc(F)cc2Cl)cc1. The van der Waals surface area contributed by atoms with Crippen molar-refractivity contribution in [3.63, 3.8) is 0 Å². The van der Waals surface area contributed by atoms with Gasteiger partial charge in [0.2, 0.25) is 0 Å². The zero-order valence-corrected chi connectivity index (χ0v) is 11.3. The number of nitrogens with two attached hydrogens (primary N) is 1. The molecule has 0 heterocycles. The molecule has 0 bridgehead atoms. The van der Waals surface area contributed by atoms with Crippen LogP contribution in [0.4, 0.5) is 4.39 Å². The molecule has 2 N–H and O–H groups in total. The van der Waals surface area contributed by atoms with Gasteiger partial charge >= 0.3 is 0 Å². The Morgan fingerprint density at radius 3 is 2.47 bits per heavy atom. The second kappa shape index (κ2) is 6.04. The molecule has 0 saturated carbocycles. The van der Waals surface area contributed by atoms with Gasteiger partial charge < -0.3 is 10.5 Å². The first-order valence-electron chi connectivity index (χ1n) is 5.98. The summed E-state index contributed by atoms with van der Waals surface area (Å²) in [5.41, 5.74) is 7.57. The van der Waals surface area contributed by atoms with Gasteiger partial charge in [-0.05, 0) is 36.8 Å². The van der Waals surface area contributed by atoms with Crippen LogP contribution in [0.25, 0.3) is 0 Å². The highest BCUT2D eigenvalue weighted by Crippen LogP contribution is 2.21. The molecule has 2 aromatic rings. The Kier molecular flexibility index (Phi) is 4.40. The van der Waals surface area contributed by atoms with Gasteiger partial charge in [0.15, 0.2) is 0 Å². The van der Waals surface area contributed by atoms with Crippen molar-refractivity contribution in [2.24, 2.45) is 5.73 Å². The van der Waals surface area contributed by atoms with Gasteiger partial charge in [-0.2, -0.15) is 0 Å². The lowest BCUT2D eigenvalue weighted by Crippen LogP contribution is -2.04. The summed E-state index contributed by atoms with van der Waals surface area (Å²) in [4.78, 5) is 0. The summed E-state index contributed by atoms with van der Waals surface area (Å²) in [6.07, 6.45) is 0. The fourth-order valence-electron chi connectivity index (χ4n) is 1.67. The second-order valence-corrected chi connectivity index (χ2v) is 4.79.